The molecule has 1 rings (SSSR count). The molecule has 0 amide bonds. The van der Waals surface area contributed by atoms with Crippen molar-refractivity contribution in [2.75, 3.05) is 18.5 Å². The number of anilines is 1. The number of nitro groups is 1. The molecule has 0 aliphatic heterocycles. The van der Waals surface area contributed by atoms with Crippen molar-refractivity contribution in [1.82, 2.24) is 4.98 Å². The van der Waals surface area contributed by atoms with E-state index in [1.54, 1.807) is 6.07 Å². The Labute approximate surface area is 130 Å². The molecule has 1 N–H and O–H groups in total. The molecule has 1 aromatic heterocycles. The van der Waals surface area contributed by atoms with E-state index in [2.05, 4.69) is 10.3 Å². The third-order valence-corrected chi connectivity index (χ3v) is 2.92. The first-order valence-corrected chi connectivity index (χ1v) is 7.49. The summed E-state index contributed by atoms with van der Waals surface area (Å²) in [5, 5.41) is 13.6. The smallest absolute Gasteiger partial charge is 0.306 e. The lowest BCUT2D eigenvalue weighted by molar-refractivity contribution is -0.385. The fourth-order valence-electron chi connectivity index (χ4n) is 1.80. The van der Waals surface area contributed by atoms with Gasteiger partial charge in [-0.15, -0.1) is 0 Å². The van der Waals surface area contributed by atoms with E-state index in [4.69, 9.17) is 4.74 Å². The molecule has 22 heavy (non-hydrogen) atoms. The highest BCUT2D eigenvalue weighted by Crippen LogP contribution is 2.11. The van der Waals surface area contributed by atoms with Crippen molar-refractivity contribution in [2.24, 2.45) is 5.92 Å². The molecule has 0 saturated heterocycles. The van der Waals surface area contributed by atoms with Crippen LogP contribution in [0.3, 0.4) is 0 Å². The summed E-state index contributed by atoms with van der Waals surface area (Å²) in [6.45, 7) is 5.16. The van der Waals surface area contributed by atoms with Gasteiger partial charge in [0.1, 0.15) is 12.0 Å². The van der Waals surface area contributed by atoms with Crippen molar-refractivity contribution < 1.29 is 14.5 Å². The van der Waals surface area contributed by atoms with Gasteiger partial charge in [-0.25, -0.2) is 4.98 Å². The molecule has 0 unspecified atom stereocenters. The second-order valence-corrected chi connectivity index (χ2v) is 5.46. The monoisotopic (exact) mass is 309 g/mol. The first kappa shape index (κ1) is 17.9. The Morgan fingerprint density at radius 3 is 2.73 bits per heavy atom. The summed E-state index contributed by atoms with van der Waals surface area (Å²) in [6, 6.07) is 3.01. The molecule has 7 nitrogen and oxygen atoms in total. The quantitative estimate of drug-likeness (QED) is 0.309. The average Bonchev–Trinajstić information content (AvgIpc) is 2.46. The molecule has 0 spiro atoms. The van der Waals surface area contributed by atoms with E-state index in [-0.39, 0.29) is 11.7 Å². The number of unbranched alkanes of at least 4 members (excludes halogenated alkanes) is 2. The van der Waals surface area contributed by atoms with E-state index in [9.17, 15) is 14.9 Å². The minimum Gasteiger partial charge on any atom is -0.466 e. The van der Waals surface area contributed by atoms with Crippen LogP contribution < -0.4 is 5.32 Å². The molecule has 0 atom stereocenters. The molecule has 122 valence electrons. The van der Waals surface area contributed by atoms with Crippen LogP contribution in [0, 0.1) is 16.0 Å². The molecule has 7 heteroatoms. The summed E-state index contributed by atoms with van der Waals surface area (Å²) in [5.74, 6) is 0.808. The molecule has 0 aliphatic carbocycles. The summed E-state index contributed by atoms with van der Waals surface area (Å²) >= 11 is 0. The Kier molecular flexibility index (Phi) is 7.88. The Morgan fingerprint density at radius 1 is 1.36 bits per heavy atom. The van der Waals surface area contributed by atoms with Crippen molar-refractivity contribution in [1.29, 1.82) is 0 Å². The number of hydrogen-bond donors (Lipinski definition) is 1. The topological polar surface area (TPSA) is 94.4 Å². The summed E-state index contributed by atoms with van der Waals surface area (Å²) in [6.07, 6.45) is 4.39. The second-order valence-electron chi connectivity index (χ2n) is 5.46. The number of pyridine rings is 1. The summed E-state index contributed by atoms with van der Waals surface area (Å²) in [7, 11) is 0. The van der Waals surface area contributed by atoms with Gasteiger partial charge in [0.2, 0.25) is 0 Å². The van der Waals surface area contributed by atoms with E-state index in [1.165, 1.54) is 12.3 Å². The maximum atomic E-state index is 11.3. The van der Waals surface area contributed by atoms with Gasteiger partial charge in [-0.2, -0.15) is 0 Å². The molecule has 0 radical (unpaired) electrons. The van der Waals surface area contributed by atoms with Crippen LogP contribution in [0.2, 0.25) is 0 Å². The minimum atomic E-state index is -0.475. The predicted octanol–water partition coefficient (Wildman–Crippen LogP) is 3.16. The third-order valence-electron chi connectivity index (χ3n) is 2.92. The van der Waals surface area contributed by atoms with Crippen LogP contribution in [0.4, 0.5) is 11.5 Å². The summed E-state index contributed by atoms with van der Waals surface area (Å²) < 4.78 is 5.12. The maximum Gasteiger partial charge on any atom is 0.306 e. The summed E-state index contributed by atoms with van der Waals surface area (Å²) in [5.41, 5.74) is -0.0197. The fourth-order valence-corrected chi connectivity index (χ4v) is 1.80. The highest BCUT2D eigenvalue weighted by molar-refractivity contribution is 5.69. The number of nitrogens with zero attached hydrogens (tertiary/aromatic N) is 2. The predicted molar refractivity (Wildman–Crippen MR) is 83.6 cm³/mol. The van der Waals surface area contributed by atoms with Crippen LogP contribution in [0.5, 0.6) is 0 Å². The van der Waals surface area contributed by atoms with Crippen molar-refractivity contribution in [3.63, 3.8) is 0 Å². The van der Waals surface area contributed by atoms with E-state index < -0.39 is 4.92 Å². The standard InChI is InChI=1S/C15H23N3O4/c1-12(2)10-15(19)22-9-5-3-4-8-16-14-7-6-13(11-17-14)18(20)21/h6-7,11-12H,3-5,8-10H2,1-2H3,(H,16,17). The molecule has 0 bridgehead atoms. The fraction of sp³-hybridized carbons (Fsp3) is 0.600. The lowest BCUT2D eigenvalue weighted by Crippen LogP contribution is -2.09. The Hall–Kier alpha value is -2.18. The average molecular weight is 309 g/mol. The van der Waals surface area contributed by atoms with Gasteiger partial charge in [0.15, 0.2) is 0 Å². The number of rotatable bonds is 10. The normalized spacial score (nSPS) is 10.5. The third kappa shape index (κ3) is 7.56. The molecule has 1 aromatic rings. The van der Waals surface area contributed by atoms with E-state index in [1.807, 2.05) is 13.8 Å². The zero-order valence-electron chi connectivity index (χ0n) is 13.1. The van der Waals surface area contributed by atoms with E-state index in [0.29, 0.717) is 24.8 Å². The van der Waals surface area contributed by atoms with E-state index >= 15 is 0 Å². The van der Waals surface area contributed by atoms with Crippen molar-refractivity contribution in [2.45, 2.75) is 39.5 Å². The second kappa shape index (κ2) is 9.70. The summed E-state index contributed by atoms with van der Waals surface area (Å²) in [4.78, 5) is 25.3. The van der Waals surface area contributed by atoms with Crippen molar-refractivity contribution in [3.05, 3.63) is 28.4 Å². The number of ether oxygens (including phenoxy) is 1. The Balaban J connectivity index is 2.06. The molecular weight excluding hydrogens is 286 g/mol. The molecule has 0 aromatic carbocycles. The Morgan fingerprint density at radius 2 is 2.14 bits per heavy atom. The van der Waals surface area contributed by atoms with E-state index in [0.717, 1.165) is 25.8 Å². The van der Waals surface area contributed by atoms with Crippen LogP contribution in [0.1, 0.15) is 39.5 Å². The lowest BCUT2D eigenvalue weighted by atomic mass is 10.1. The van der Waals surface area contributed by atoms with Gasteiger partial charge in [0, 0.05) is 19.0 Å². The van der Waals surface area contributed by atoms with Crippen molar-refractivity contribution >= 4 is 17.5 Å². The molecule has 1 heterocycles. The number of esters is 1. The number of nitrogens with one attached hydrogen (secondary N) is 1. The number of carbonyl (C=O) groups excluding carboxylic acids is 1. The van der Waals surface area contributed by atoms with Gasteiger partial charge in [-0.1, -0.05) is 13.8 Å². The van der Waals surface area contributed by atoms with Crippen LogP contribution in [0.15, 0.2) is 18.3 Å². The number of carbonyl (C=O) groups is 1. The zero-order chi connectivity index (χ0) is 16.4. The van der Waals surface area contributed by atoms with Gasteiger partial charge in [-0.05, 0) is 31.2 Å². The van der Waals surface area contributed by atoms with Crippen LogP contribution in [-0.2, 0) is 9.53 Å². The highest BCUT2D eigenvalue weighted by atomic mass is 16.6. The van der Waals surface area contributed by atoms with Crippen molar-refractivity contribution in [3.8, 4) is 0 Å². The van der Waals surface area contributed by atoms with Gasteiger partial charge >= 0.3 is 5.97 Å². The van der Waals surface area contributed by atoms with Gasteiger partial charge in [-0.3, -0.25) is 14.9 Å². The first-order chi connectivity index (χ1) is 10.5. The first-order valence-electron chi connectivity index (χ1n) is 7.49. The Bertz CT molecular complexity index is 474. The van der Waals surface area contributed by atoms with Crippen LogP contribution in [-0.4, -0.2) is 29.0 Å². The SMILES string of the molecule is CC(C)CC(=O)OCCCCCNc1ccc([N+](=O)[O-])cn1. The van der Waals surface area contributed by atoms with Crippen LogP contribution in [0.25, 0.3) is 0 Å². The largest absolute Gasteiger partial charge is 0.466 e. The van der Waals surface area contributed by atoms with Gasteiger partial charge < -0.3 is 10.1 Å². The highest BCUT2D eigenvalue weighted by Gasteiger charge is 2.06. The minimum absolute atomic E-state index is 0.0197. The van der Waals surface area contributed by atoms with Gasteiger partial charge in [0.05, 0.1) is 11.5 Å². The molecule has 0 saturated carbocycles. The zero-order valence-corrected chi connectivity index (χ0v) is 13.1. The molecule has 0 fully saturated rings. The van der Waals surface area contributed by atoms with Crippen LogP contribution >= 0.6 is 0 Å². The molecule has 0 aliphatic rings. The maximum absolute atomic E-state index is 11.3. The molecular formula is C15H23N3O4. The number of aromatic nitrogens is 1. The number of hydrogen-bond acceptors (Lipinski definition) is 6. The lowest BCUT2D eigenvalue weighted by Gasteiger charge is -2.07. The van der Waals surface area contributed by atoms with Gasteiger partial charge in [0.25, 0.3) is 5.69 Å².